The molecule has 2 heterocycles. The largest absolute Gasteiger partial charge is 0.486 e. The SMILES string of the molecule is CCOC(=O)c1ccc(N2C[C@H](C(=O)Nc3ccc4c(c3)OCCO4)CC2=O)cc1. The highest BCUT2D eigenvalue weighted by atomic mass is 16.6. The van der Waals surface area contributed by atoms with Crippen molar-refractivity contribution in [3.8, 4) is 11.5 Å². The molecule has 8 heteroatoms. The molecule has 0 aliphatic carbocycles. The molecule has 0 bridgehead atoms. The predicted molar refractivity (Wildman–Crippen MR) is 109 cm³/mol. The molecule has 2 amide bonds. The van der Waals surface area contributed by atoms with Gasteiger partial charge in [0.1, 0.15) is 13.2 Å². The van der Waals surface area contributed by atoms with Gasteiger partial charge in [-0.2, -0.15) is 0 Å². The summed E-state index contributed by atoms with van der Waals surface area (Å²) in [6, 6.07) is 11.8. The molecule has 2 aliphatic heterocycles. The minimum absolute atomic E-state index is 0.121. The molecule has 156 valence electrons. The van der Waals surface area contributed by atoms with Gasteiger partial charge in [-0.15, -0.1) is 0 Å². The Morgan fingerprint density at radius 2 is 1.83 bits per heavy atom. The number of esters is 1. The molecule has 0 unspecified atom stereocenters. The zero-order valence-electron chi connectivity index (χ0n) is 16.6. The fourth-order valence-electron chi connectivity index (χ4n) is 3.49. The minimum atomic E-state index is -0.476. The summed E-state index contributed by atoms with van der Waals surface area (Å²) in [7, 11) is 0. The van der Waals surface area contributed by atoms with Crippen LogP contribution >= 0.6 is 0 Å². The fourth-order valence-corrected chi connectivity index (χ4v) is 3.49. The van der Waals surface area contributed by atoms with Crippen LogP contribution in [0.1, 0.15) is 23.7 Å². The van der Waals surface area contributed by atoms with Gasteiger partial charge in [0.05, 0.1) is 18.1 Å². The summed E-state index contributed by atoms with van der Waals surface area (Å²) >= 11 is 0. The van der Waals surface area contributed by atoms with Crippen LogP contribution in [0.15, 0.2) is 42.5 Å². The van der Waals surface area contributed by atoms with Gasteiger partial charge in [-0.05, 0) is 43.3 Å². The molecule has 2 aromatic rings. The molecule has 0 aromatic heterocycles. The molecule has 30 heavy (non-hydrogen) atoms. The molecule has 1 N–H and O–H groups in total. The smallest absolute Gasteiger partial charge is 0.338 e. The summed E-state index contributed by atoms with van der Waals surface area (Å²) in [6.07, 6.45) is 0.121. The Morgan fingerprint density at radius 3 is 2.57 bits per heavy atom. The van der Waals surface area contributed by atoms with Crippen molar-refractivity contribution in [1.29, 1.82) is 0 Å². The molecule has 4 rings (SSSR count). The van der Waals surface area contributed by atoms with Crippen LogP contribution in [-0.4, -0.2) is 44.1 Å². The standard InChI is InChI=1S/C22H22N2O6/c1-2-28-22(27)14-3-6-17(7-4-14)24-13-15(11-20(24)25)21(26)23-16-5-8-18-19(12-16)30-10-9-29-18/h3-8,12,15H,2,9-11,13H2,1H3,(H,23,26)/t15-/m1/s1. The van der Waals surface area contributed by atoms with Crippen LogP contribution < -0.4 is 19.7 Å². The topological polar surface area (TPSA) is 94.2 Å². The van der Waals surface area contributed by atoms with Crippen LogP contribution in [0.4, 0.5) is 11.4 Å². The van der Waals surface area contributed by atoms with Gasteiger partial charge in [-0.3, -0.25) is 9.59 Å². The summed E-state index contributed by atoms with van der Waals surface area (Å²) in [6.45, 7) is 3.27. The summed E-state index contributed by atoms with van der Waals surface area (Å²) < 4.78 is 16.0. The number of anilines is 2. The maximum atomic E-state index is 12.7. The van der Waals surface area contributed by atoms with Gasteiger partial charge in [0.2, 0.25) is 11.8 Å². The van der Waals surface area contributed by atoms with Crippen molar-refractivity contribution in [3.05, 3.63) is 48.0 Å². The summed E-state index contributed by atoms with van der Waals surface area (Å²) in [5.41, 5.74) is 1.65. The van der Waals surface area contributed by atoms with Gasteiger partial charge in [-0.1, -0.05) is 0 Å². The van der Waals surface area contributed by atoms with Crippen molar-refractivity contribution in [3.63, 3.8) is 0 Å². The number of rotatable bonds is 5. The van der Waals surface area contributed by atoms with Gasteiger partial charge in [-0.25, -0.2) is 4.79 Å². The molecule has 1 atom stereocenters. The van der Waals surface area contributed by atoms with E-state index in [0.717, 1.165) is 0 Å². The lowest BCUT2D eigenvalue weighted by Crippen LogP contribution is -2.28. The van der Waals surface area contributed by atoms with Gasteiger partial charge in [0.15, 0.2) is 11.5 Å². The second-order valence-electron chi connectivity index (χ2n) is 7.02. The van der Waals surface area contributed by atoms with Crippen LogP contribution in [0.25, 0.3) is 0 Å². The maximum Gasteiger partial charge on any atom is 0.338 e. The molecular weight excluding hydrogens is 388 g/mol. The van der Waals surface area contributed by atoms with Gasteiger partial charge in [0.25, 0.3) is 0 Å². The second-order valence-corrected chi connectivity index (χ2v) is 7.02. The average Bonchev–Trinajstić information content (AvgIpc) is 3.16. The quantitative estimate of drug-likeness (QED) is 0.762. The van der Waals surface area contributed by atoms with E-state index in [2.05, 4.69) is 5.32 Å². The van der Waals surface area contributed by atoms with Crippen molar-refractivity contribution in [2.75, 3.05) is 36.6 Å². The van der Waals surface area contributed by atoms with E-state index in [1.54, 1.807) is 54.3 Å². The zero-order chi connectivity index (χ0) is 21.1. The highest BCUT2D eigenvalue weighted by molar-refractivity contribution is 6.03. The first-order valence-corrected chi connectivity index (χ1v) is 9.83. The lowest BCUT2D eigenvalue weighted by atomic mass is 10.1. The van der Waals surface area contributed by atoms with Gasteiger partial charge < -0.3 is 24.4 Å². The number of nitrogens with one attached hydrogen (secondary N) is 1. The summed E-state index contributed by atoms with van der Waals surface area (Å²) in [4.78, 5) is 38.5. The van der Waals surface area contributed by atoms with Crippen LogP contribution in [0.2, 0.25) is 0 Å². The first kappa shape index (κ1) is 19.8. The average molecular weight is 410 g/mol. The van der Waals surface area contributed by atoms with Crippen LogP contribution in [-0.2, 0) is 14.3 Å². The molecular formula is C22H22N2O6. The number of ether oxygens (including phenoxy) is 3. The monoisotopic (exact) mass is 410 g/mol. The second kappa shape index (κ2) is 8.44. The van der Waals surface area contributed by atoms with Crippen molar-refractivity contribution in [2.45, 2.75) is 13.3 Å². The highest BCUT2D eigenvalue weighted by Crippen LogP contribution is 2.33. The summed E-state index contributed by atoms with van der Waals surface area (Å²) in [5, 5.41) is 2.85. The van der Waals surface area contributed by atoms with Gasteiger partial charge >= 0.3 is 5.97 Å². The van der Waals surface area contributed by atoms with E-state index in [1.807, 2.05) is 0 Å². The van der Waals surface area contributed by atoms with Crippen molar-refractivity contribution in [1.82, 2.24) is 0 Å². The number of carbonyl (C=O) groups is 3. The number of benzene rings is 2. The Balaban J connectivity index is 1.40. The molecule has 0 radical (unpaired) electrons. The summed E-state index contributed by atoms with van der Waals surface area (Å²) in [5.74, 6) is -0.0200. The first-order chi connectivity index (χ1) is 14.5. The third-order valence-corrected chi connectivity index (χ3v) is 5.00. The number of hydrogen-bond donors (Lipinski definition) is 1. The molecule has 1 fully saturated rings. The molecule has 2 aliphatic rings. The number of fused-ring (bicyclic) bond motifs is 1. The Bertz CT molecular complexity index is 972. The van der Waals surface area contributed by atoms with Crippen molar-refractivity contribution in [2.24, 2.45) is 5.92 Å². The molecule has 2 aromatic carbocycles. The third-order valence-electron chi connectivity index (χ3n) is 5.00. The predicted octanol–water partition coefficient (Wildman–Crippen LogP) is 2.63. The highest BCUT2D eigenvalue weighted by Gasteiger charge is 2.35. The Morgan fingerprint density at radius 1 is 1.10 bits per heavy atom. The number of carbonyl (C=O) groups excluding carboxylic acids is 3. The van der Waals surface area contributed by atoms with Crippen LogP contribution in [0.3, 0.4) is 0 Å². The number of amides is 2. The Kier molecular flexibility index (Phi) is 5.56. The fraction of sp³-hybridized carbons (Fsp3) is 0.318. The van der Waals surface area contributed by atoms with Crippen molar-refractivity contribution < 1.29 is 28.6 Å². The molecule has 0 saturated carbocycles. The zero-order valence-corrected chi connectivity index (χ0v) is 16.6. The van der Waals surface area contributed by atoms with E-state index in [-0.39, 0.29) is 24.8 Å². The van der Waals surface area contributed by atoms with Gasteiger partial charge in [0, 0.05) is 30.4 Å². The molecule has 8 nitrogen and oxygen atoms in total. The Labute approximate surface area is 173 Å². The number of hydrogen-bond acceptors (Lipinski definition) is 6. The van der Waals surface area contributed by atoms with Crippen molar-refractivity contribution >= 4 is 29.2 Å². The van der Waals surface area contributed by atoms with E-state index in [1.165, 1.54) is 0 Å². The number of nitrogens with zero attached hydrogens (tertiary/aromatic N) is 1. The van der Waals surface area contributed by atoms with Crippen LogP contribution in [0.5, 0.6) is 11.5 Å². The van der Waals surface area contributed by atoms with E-state index in [4.69, 9.17) is 14.2 Å². The van der Waals surface area contributed by atoms with E-state index in [9.17, 15) is 14.4 Å². The lowest BCUT2D eigenvalue weighted by Gasteiger charge is -2.19. The van der Waals surface area contributed by atoms with Crippen LogP contribution in [0, 0.1) is 5.92 Å². The minimum Gasteiger partial charge on any atom is -0.486 e. The first-order valence-electron chi connectivity index (χ1n) is 9.83. The van der Waals surface area contributed by atoms with E-state index >= 15 is 0 Å². The third kappa shape index (κ3) is 4.07. The molecule has 0 spiro atoms. The maximum absolute atomic E-state index is 12.7. The van der Waals surface area contributed by atoms with E-state index in [0.29, 0.717) is 48.3 Å². The Hall–Kier alpha value is -3.55. The molecule has 1 saturated heterocycles. The van der Waals surface area contributed by atoms with E-state index < -0.39 is 11.9 Å². The normalized spacial score (nSPS) is 17.6. The lowest BCUT2D eigenvalue weighted by molar-refractivity contribution is -0.122.